The second-order valence-corrected chi connectivity index (χ2v) is 11.2. The van der Waals surface area contributed by atoms with Crippen molar-refractivity contribution in [2.45, 2.75) is 46.0 Å². The Morgan fingerprint density at radius 1 is 0.857 bits per heavy atom. The minimum absolute atomic E-state index is 0.321. The van der Waals surface area contributed by atoms with Gasteiger partial charge >= 0.3 is 6.09 Å². The summed E-state index contributed by atoms with van der Waals surface area (Å²) in [6.07, 6.45) is 2.04. The van der Waals surface area contributed by atoms with E-state index in [9.17, 15) is 4.79 Å². The molecule has 4 aromatic rings. The predicted octanol–water partition coefficient (Wildman–Crippen LogP) is 8.07. The van der Waals surface area contributed by atoms with Crippen molar-refractivity contribution in [2.24, 2.45) is 0 Å². The Hall–Kier alpha value is -4.65. The van der Waals surface area contributed by atoms with Crippen LogP contribution in [0.1, 0.15) is 43.9 Å². The van der Waals surface area contributed by atoms with Gasteiger partial charge in [-0.2, -0.15) is 4.98 Å². The maximum atomic E-state index is 15.1. The van der Waals surface area contributed by atoms with Crippen LogP contribution in [-0.2, 0) is 18.0 Å². The van der Waals surface area contributed by atoms with Gasteiger partial charge < -0.3 is 19.1 Å². The summed E-state index contributed by atoms with van der Waals surface area (Å²) in [5.41, 5.74) is 4.30. The molecule has 0 N–H and O–H groups in total. The summed E-state index contributed by atoms with van der Waals surface area (Å²) in [5, 5.41) is 0. The minimum Gasteiger partial charge on any atom is -0.473 e. The van der Waals surface area contributed by atoms with Crippen molar-refractivity contribution in [1.29, 1.82) is 0 Å². The standard InChI is InChI=1S/C35H35FN2O4/c1-35(2,3)42-34(39)38-20-18-27(19-21-38)30-22-28(14-16-31(30)36)29-15-17-32(40-23-25-10-6-4-7-11-25)37-33(29)41-24-26-12-8-5-9-13-26/h4-18,22H,19-21,23-24H2,1-3H3. The van der Waals surface area contributed by atoms with Crippen LogP contribution in [0.3, 0.4) is 0 Å². The zero-order valence-corrected chi connectivity index (χ0v) is 24.2. The molecule has 3 aromatic carbocycles. The summed E-state index contributed by atoms with van der Waals surface area (Å²) >= 11 is 0. The Morgan fingerprint density at radius 2 is 1.52 bits per heavy atom. The monoisotopic (exact) mass is 566 g/mol. The Labute approximate surface area is 246 Å². The molecule has 42 heavy (non-hydrogen) atoms. The van der Waals surface area contributed by atoms with E-state index in [4.69, 9.17) is 19.2 Å². The highest BCUT2D eigenvalue weighted by atomic mass is 19.1. The lowest BCUT2D eigenvalue weighted by atomic mass is 9.95. The molecule has 0 unspecified atom stereocenters. The third kappa shape index (κ3) is 7.55. The Bertz CT molecular complexity index is 1550. The molecule has 5 rings (SSSR count). The highest BCUT2D eigenvalue weighted by Crippen LogP contribution is 2.35. The molecule has 0 radical (unpaired) electrons. The summed E-state index contributed by atoms with van der Waals surface area (Å²) in [6.45, 7) is 7.02. The van der Waals surface area contributed by atoms with E-state index < -0.39 is 5.60 Å². The number of rotatable bonds is 8. The van der Waals surface area contributed by atoms with Crippen LogP contribution < -0.4 is 9.47 Å². The van der Waals surface area contributed by atoms with Crippen molar-refractivity contribution in [3.05, 3.63) is 120 Å². The van der Waals surface area contributed by atoms with Crippen molar-refractivity contribution < 1.29 is 23.4 Å². The molecular weight excluding hydrogens is 531 g/mol. The summed E-state index contributed by atoms with van der Waals surface area (Å²) in [5.74, 6) is 0.513. The number of amides is 1. The fourth-order valence-corrected chi connectivity index (χ4v) is 4.64. The van der Waals surface area contributed by atoms with E-state index >= 15 is 4.39 Å². The molecule has 7 heteroatoms. The molecule has 0 bridgehead atoms. The maximum Gasteiger partial charge on any atom is 0.410 e. The molecule has 0 saturated carbocycles. The van der Waals surface area contributed by atoms with Gasteiger partial charge in [0.25, 0.3) is 0 Å². The minimum atomic E-state index is -0.571. The SMILES string of the molecule is CC(C)(C)OC(=O)N1CC=C(c2cc(-c3ccc(OCc4ccccc4)nc3OCc3ccccc3)ccc2F)CC1. The molecule has 1 aliphatic rings. The number of aromatic nitrogens is 1. The van der Waals surface area contributed by atoms with E-state index in [2.05, 4.69) is 0 Å². The summed E-state index contributed by atoms with van der Waals surface area (Å²) in [6, 6.07) is 28.4. The van der Waals surface area contributed by atoms with Gasteiger partial charge in [-0.25, -0.2) is 9.18 Å². The highest BCUT2D eigenvalue weighted by Gasteiger charge is 2.25. The number of pyridine rings is 1. The van der Waals surface area contributed by atoms with Crippen molar-refractivity contribution in [3.8, 4) is 22.9 Å². The van der Waals surface area contributed by atoms with Crippen molar-refractivity contribution >= 4 is 11.7 Å². The highest BCUT2D eigenvalue weighted by molar-refractivity contribution is 5.77. The fourth-order valence-electron chi connectivity index (χ4n) is 4.64. The molecule has 1 aliphatic heterocycles. The van der Waals surface area contributed by atoms with Gasteiger partial charge in [-0.1, -0.05) is 72.8 Å². The van der Waals surface area contributed by atoms with E-state index in [-0.39, 0.29) is 11.9 Å². The van der Waals surface area contributed by atoms with Crippen LogP contribution in [0.15, 0.2) is 97.1 Å². The first-order valence-corrected chi connectivity index (χ1v) is 14.1. The molecule has 0 aliphatic carbocycles. The van der Waals surface area contributed by atoms with Crippen LogP contribution in [-0.4, -0.2) is 34.7 Å². The first-order valence-electron chi connectivity index (χ1n) is 14.1. The zero-order valence-electron chi connectivity index (χ0n) is 24.2. The lowest BCUT2D eigenvalue weighted by Crippen LogP contribution is -2.39. The number of carbonyl (C=O) groups is 1. The fraction of sp³-hybridized carbons (Fsp3) is 0.257. The molecule has 0 atom stereocenters. The van der Waals surface area contributed by atoms with Crippen LogP contribution in [0.25, 0.3) is 16.7 Å². The van der Waals surface area contributed by atoms with Gasteiger partial charge in [0.15, 0.2) is 0 Å². The van der Waals surface area contributed by atoms with Crippen LogP contribution in [0.4, 0.5) is 9.18 Å². The number of halogens is 1. The van der Waals surface area contributed by atoms with E-state index in [1.54, 1.807) is 17.0 Å². The van der Waals surface area contributed by atoms with Gasteiger partial charge in [0.1, 0.15) is 24.6 Å². The van der Waals surface area contributed by atoms with E-state index in [1.807, 2.05) is 99.6 Å². The van der Waals surface area contributed by atoms with Gasteiger partial charge in [-0.05, 0) is 67.7 Å². The molecular formula is C35H35FN2O4. The molecule has 0 spiro atoms. The largest absolute Gasteiger partial charge is 0.473 e. The van der Waals surface area contributed by atoms with Crippen LogP contribution >= 0.6 is 0 Å². The Kier molecular flexibility index (Phi) is 8.86. The normalized spacial score (nSPS) is 13.3. The second-order valence-electron chi connectivity index (χ2n) is 11.2. The molecule has 2 heterocycles. The molecule has 0 fully saturated rings. The van der Waals surface area contributed by atoms with Gasteiger partial charge in [0.05, 0.1) is 0 Å². The molecule has 1 aromatic heterocycles. The zero-order chi connectivity index (χ0) is 29.5. The van der Waals surface area contributed by atoms with Crippen LogP contribution in [0.2, 0.25) is 0 Å². The van der Waals surface area contributed by atoms with Crippen molar-refractivity contribution in [1.82, 2.24) is 9.88 Å². The maximum absolute atomic E-state index is 15.1. The Balaban J connectivity index is 1.40. The first-order chi connectivity index (χ1) is 20.2. The van der Waals surface area contributed by atoms with E-state index in [0.29, 0.717) is 50.0 Å². The average molecular weight is 567 g/mol. The Morgan fingerprint density at radius 3 is 2.14 bits per heavy atom. The van der Waals surface area contributed by atoms with Gasteiger partial charge in [0.2, 0.25) is 11.8 Å². The molecule has 1 amide bonds. The quantitative estimate of drug-likeness (QED) is 0.216. The number of hydrogen-bond acceptors (Lipinski definition) is 5. The number of ether oxygens (including phenoxy) is 3. The number of hydrogen-bond donors (Lipinski definition) is 0. The smallest absolute Gasteiger partial charge is 0.410 e. The summed E-state index contributed by atoms with van der Waals surface area (Å²) < 4.78 is 32.8. The van der Waals surface area contributed by atoms with Crippen molar-refractivity contribution in [2.75, 3.05) is 13.1 Å². The molecule has 6 nitrogen and oxygen atoms in total. The molecule has 0 saturated heterocycles. The average Bonchev–Trinajstić information content (AvgIpc) is 3.00. The second kappa shape index (κ2) is 12.9. The third-order valence-electron chi connectivity index (χ3n) is 6.77. The number of nitrogens with zero attached hydrogens (tertiary/aromatic N) is 2. The van der Waals surface area contributed by atoms with E-state index in [0.717, 1.165) is 27.8 Å². The van der Waals surface area contributed by atoms with Gasteiger partial charge in [-0.15, -0.1) is 0 Å². The van der Waals surface area contributed by atoms with Gasteiger partial charge in [0, 0.05) is 30.3 Å². The lowest BCUT2D eigenvalue weighted by Gasteiger charge is -2.29. The number of benzene rings is 3. The molecule has 216 valence electrons. The first kappa shape index (κ1) is 28.9. The van der Waals surface area contributed by atoms with E-state index in [1.165, 1.54) is 6.07 Å². The predicted molar refractivity (Wildman–Crippen MR) is 162 cm³/mol. The summed E-state index contributed by atoms with van der Waals surface area (Å²) in [7, 11) is 0. The lowest BCUT2D eigenvalue weighted by molar-refractivity contribution is 0.0270. The topological polar surface area (TPSA) is 60.9 Å². The van der Waals surface area contributed by atoms with Gasteiger partial charge in [-0.3, -0.25) is 0 Å². The summed E-state index contributed by atoms with van der Waals surface area (Å²) in [4.78, 5) is 18.8. The van der Waals surface area contributed by atoms with Crippen LogP contribution in [0.5, 0.6) is 11.8 Å². The van der Waals surface area contributed by atoms with Crippen LogP contribution in [0, 0.1) is 5.82 Å². The third-order valence-corrected chi connectivity index (χ3v) is 6.77. The van der Waals surface area contributed by atoms with Crippen molar-refractivity contribution in [3.63, 3.8) is 0 Å². The number of carbonyl (C=O) groups excluding carboxylic acids is 1.